The first-order chi connectivity index (χ1) is 19.0. The molecule has 1 aliphatic heterocycles. The van der Waals surface area contributed by atoms with Gasteiger partial charge in [-0.2, -0.15) is 0 Å². The molecule has 0 aromatic heterocycles. The molecular weight excluding hydrogens is 496 g/mol. The summed E-state index contributed by atoms with van der Waals surface area (Å²) >= 11 is 0. The third-order valence-corrected chi connectivity index (χ3v) is 6.19. The summed E-state index contributed by atoms with van der Waals surface area (Å²) in [5, 5.41) is 8.55. The van der Waals surface area contributed by atoms with Gasteiger partial charge in [-0.15, -0.1) is 0 Å². The predicted molar refractivity (Wildman–Crippen MR) is 151 cm³/mol. The highest BCUT2D eigenvalue weighted by Gasteiger charge is 2.17. The highest BCUT2D eigenvalue weighted by molar-refractivity contribution is 6.06. The standard InChI is InChI=1S/C30H34N4O5/c1-22(35)31-14-5-17-39-28-13-10-25(20-27(28)33-29(36)21-34-15-18-38-19-16-34)30(37)32-26-11-8-24(9-12-26)23-6-3-2-4-7-23/h2-4,6-13,20H,5,14-19,21H2,1H3,(H,31,35)(H,32,37)(H,33,36). The minimum atomic E-state index is -0.302. The second-order valence-corrected chi connectivity index (χ2v) is 9.23. The normalized spacial score (nSPS) is 13.4. The Kier molecular flexibility index (Phi) is 10.0. The first-order valence-electron chi connectivity index (χ1n) is 13.1. The van der Waals surface area contributed by atoms with E-state index in [9.17, 15) is 14.4 Å². The second-order valence-electron chi connectivity index (χ2n) is 9.23. The van der Waals surface area contributed by atoms with Crippen LogP contribution in [0.5, 0.6) is 5.75 Å². The van der Waals surface area contributed by atoms with Gasteiger partial charge in [0.05, 0.1) is 32.1 Å². The number of ether oxygens (including phenoxy) is 2. The van der Waals surface area contributed by atoms with Crippen molar-refractivity contribution in [3.8, 4) is 16.9 Å². The number of nitrogens with one attached hydrogen (secondary N) is 3. The quantitative estimate of drug-likeness (QED) is 0.326. The lowest BCUT2D eigenvalue weighted by Crippen LogP contribution is -2.41. The Morgan fingerprint density at radius 3 is 2.33 bits per heavy atom. The molecule has 0 spiro atoms. The third-order valence-electron chi connectivity index (χ3n) is 6.19. The molecule has 3 N–H and O–H groups in total. The van der Waals surface area contributed by atoms with Crippen LogP contribution >= 0.6 is 0 Å². The summed E-state index contributed by atoms with van der Waals surface area (Å²) in [5.41, 5.74) is 3.62. The fraction of sp³-hybridized carbons (Fsp3) is 0.300. The Morgan fingerprint density at radius 1 is 0.897 bits per heavy atom. The van der Waals surface area contributed by atoms with Crippen molar-refractivity contribution in [3.63, 3.8) is 0 Å². The van der Waals surface area contributed by atoms with Crippen molar-refractivity contribution in [2.45, 2.75) is 13.3 Å². The molecule has 4 rings (SSSR count). The van der Waals surface area contributed by atoms with Gasteiger partial charge in [-0.05, 0) is 47.9 Å². The molecule has 0 atom stereocenters. The number of nitrogens with zero attached hydrogens (tertiary/aromatic N) is 1. The zero-order valence-corrected chi connectivity index (χ0v) is 22.1. The molecule has 0 radical (unpaired) electrons. The third kappa shape index (κ3) is 8.66. The number of benzene rings is 3. The molecule has 3 aromatic rings. The van der Waals surface area contributed by atoms with Crippen LogP contribution in [0.1, 0.15) is 23.7 Å². The molecule has 1 saturated heterocycles. The van der Waals surface area contributed by atoms with Crippen molar-refractivity contribution < 1.29 is 23.9 Å². The SMILES string of the molecule is CC(=O)NCCCOc1ccc(C(=O)Nc2ccc(-c3ccccc3)cc2)cc1NC(=O)CN1CCOCC1. The van der Waals surface area contributed by atoms with Crippen LogP contribution in [0, 0.1) is 0 Å². The maximum Gasteiger partial charge on any atom is 0.255 e. The number of hydrogen-bond donors (Lipinski definition) is 3. The fourth-order valence-electron chi connectivity index (χ4n) is 4.15. The average molecular weight is 531 g/mol. The van der Waals surface area contributed by atoms with E-state index in [1.54, 1.807) is 18.2 Å². The molecule has 0 aliphatic carbocycles. The van der Waals surface area contributed by atoms with Crippen LogP contribution in [0.2, 0.25) is 0 Å². The molecule has 0 unspecified atom stereocenters. The van der Waals surface area contributed by atoms with Gasteiger partial charge >= 0.3 is 0 Å². The molecule has 1 heterocycles. The molecule has 39 heavy (non-hydrogen) atoms. The maximum atomic E-state index is 13.1. The number of morpholine rings is 1. The molecule has 1 fully saturated rings. The van der Waals surface area contributed by atoms with E-state index >= 15 is 0 Å². The highest BCUT2D eigenvalue weighted by Crippen LogP contribution is 2.27. The topological polar surface area (TPSA) is 109 Å². The molecular formula is C30H34N4O5. The van der Waals surface area contributed by atoms with Gasteiger partial charge in [-0.25, -0.2) is 0 Å². The smallest absolute Gasteiger partial charge is 0.255 e. The van der Waals surface area contributed by atoms with Gasteiger partial charge < -0.3 is 25.4 Å². The van der Waals surface area contributed by atoms with E-state index in [-0.39, 0.29) is 24.3 Å². The van der Waals surface area contributed by atoms with Crippen molar-refractivity contribution in [1.29, 1.82) is 0 Å². The molecule has 0 bridgehead atoms. The van der Waals surface area contributed by atoms with Gasteiger partial charge in [0, 0.05) is 37.8 Å². The van der Waals surface area contributed by atoms with Crippen LogP contribution < -0.4 is 20.7 Å². The minimum absolute atomic E-state index is 0.101. The number of rotatable bonds is 11. The summed E-state index contributed by atoms with van der Waals surface area (Å²) < 4.78 is 11.2. The molecule has 9 heteroatoms. The Labute approximate surface area is 228 Å². The molecule has 3 amide bonds. The summed E-state index contributed by atoms with van der Waals surface area (Å²) in [6, 6.07) is 22.6. The molecule has 9 nitrogen and oxygen atoms in total. The lowest BCUT2D eigenvalue weighted by Gasteiger charge is -2.26. The Hall–Kier alpha value is -4.21. The van der Waals surface area contributed by atoms with Crippen LogP contribution in [0.15, 0.2) is 72.8 Å². The number of carbonyl (C=O) groups is 3. The van der Waals surface area contributed by atoms with Gasteiger partial charge in [0.1, 0.15) is 5.75 Å². The largest absolute Gasteiger partial charge is 0.491 e. The number of carbonyl (C=O) groups excluding carboxylic acids is 3. The number of amides is 3. The van der Waals surface area contributed by atoms with Gasteiger partial charge in [-0.3, -0.25) is 19.3 Å². The zero-order chi connectivity index (χ0) is 27.5. The summed E-state index contributed by atoms with van der Waals surface area (Å²) in [6.07, 6.45) is 0.599. The van der Waals surface area contributed by atoms with E-state index in [0.717, 1.165) is 11.1 Å². The first kappa shape index (κ1) is 27.8. The van der Waals surface area contributed by atoms with Gasteiger partial charge in [-0.1, -0.05) is 42.5 Å². The summed E-state index contributed by atoms with van der Waals surface area (Å²) in [4.78, 5) is 39.0. The van der Waals surface area contributed by atoms with Crippen molar-refractivity contribution >= 4 is 29.1 Å². The van der Waals surface area contributed by atoms with Crippen LogP contribution in [0.25, 0.3) is 11.1 Å². The van der Waals surface area contributed by atoms with Gasteiger partial charge in [0.15, 0.2) is 0 Å². The van der Waals surface area contributed by atoms with Gasteiger partial charge in [0.2, 0.25) is 11.8 Å². The summed E-state index contributed by atoms with van der Waals surface area (Å²) in [6.45, 7) is 5.07. The van der Waals surface area contributed by atoms with Crippen LogP contribution in [-0.4, -0.2) is 68.6 Å². The van der Waals surface area contributed by atoms with Crippen LogP contribution in [-0.2, 0) is 14.3 Å². The minimum Gasteiger partial charge on any atom is -0.491 e. The molecule has 204 valence electrons. The van der Waals surface area contributed by atoms with E-state index in [0.29, 0.717) is 68.6 Å². The monoisotopic (exact) mass is 530 g/mol. The van der Waals surface area contributed by atoms with E-state index in [1.165, 1.54) is 6.92 Å². The van der Waals surface area contributed by atoms with Gasteiger partial charge in [0.25, 0.3) is 5.91 Å². The first-order valence-corrected chi connectivity index (χ1v) is 13.1. The number of anilines is 2. The highest BCUT2D eigenvalue weighted by atomic mass is 16.5. The van der Waals surface area contributed by atoms with Crippen molar-refractivity contribution in [3.05, 3.63) is 78.4 Å². The average Bonchev–Trinajstić information content (AvgIpc) is 2.94. The Morgan fingerprint density at radius 2 is 1.62 bits per heavy atom. The Balaban J connectivity index is 1.43. The van der Waals surface area contributed by atoms with E-state index < -0.39 is 0 Å². The number of hydrogen-bond acceptors (Lipinski definition) is 6. The van der Waals surface area contributed by atoms with Crippen molar-refractivity contribution in [1.82, 2.24) is 10.2 Å². The van der Waals surface area contributed by atoms with Crippen LogP contribution in [0.4, 0.5) is 11.4 Å². The summed E-state index contributed by atoms with van der Waals surface area (Å²) in [7, 11) is 0. The maximum absolute atomic E-state index is 13.1. The lowest BCUT2D eigenvalue weighted by molar-refractivity contribution is -0.119. The van der Waals surface area contributed by atoms with Crippen molar-refractivity contribution in [2.24, 2.45) is 0 Å². The lowest BCUT2D eigenvalue weighted by atomic mass is 10.1. The van der Waals surface area contributed by atoms with E-state index in [2.05, 4.69) is 16.0 Å². The zero-order valence-electron chi connectivity index (χ0n) is 22.1. The second kappa shape index (κ2) is 14.1. The Bertz CT molecular complexity index is 1260. The van der Waals surface area contributed by atoms with Crippen LogP contribution in [0.3, 0.4) is 0 Å². The van der Waals surface area contributed by atoms with E-state index in [1.807, 2.05) is 59.5 Å². The molecule has 3 aromatic carbocycles. The van der Waals surface area contributed by atoms with E-state index in [4.69, 9.17) is 9.47 Å². The molecule has 1 aliphatic rings. The predicted octanol–water partition coefficient (Wildman–Crippen LogP) is 3.78. The fourth-order valence-corrected chi connectivity index (χ4v) is 4.15. The molecule has 0 saturated carbocycles. The van der Waals surface area contributed by atoms with Crippen molar-refractivity contribution in [2.75, 3.05) is 56.6 Å². The summed E-state index contributed by atoms with van der Waals surface area (Å²) in [5.74, 6) is -0.148.